The molecule has 0 bridgehead atoms. The fourth-order valence-corrected chi connectivity index (χ4v) is 4.92. The zero-order valence-electron chi connectivity index (χ0n) is 23.2. The average Bonchev–Trinajstić information content (AvgIpc) is 3.33. The molecular formula is C30H33N5O4Si. The average molecular weight is 556 g/mol. The summed E-state index contributed by atoms with van der Waals surface area (Å²) < 4.78 is 12.9. The van der Waals surface area contributed by atoms with Crippen molar-refractivity contribution < 1.29 is 19.1 Å². The molecule has 0 saturated heterocycles. The van der Waals surface area contributed by atoms with Gasteiger partial charge in [0.25, 0.3) is 5.91 Å². The molecular weight excluding hydrogens is 522 g/mol. The van der Waals surface area contributed by atoms with Gasteiger partial charge in [-0.05, 0) is 41.9 Å². The van der Waals surface area contributed by atoms with Crippen LogP contribution in [0, 0.1) is 11.3 Å². The van der Waals surface area contributed by atoms with E-state index in [1.807, 2.05) is 47.0 Å². The molecule has 4 rings (SSSR count). The lowest BCUT2D eigenvalue weighted by Gasteiger charge is -2.16. The molecule has 0 unspecified atom stereocenters. The molecule has 0 fully saturated rings. The summed E-state index contributed by atoms with van der Waals surface area (Å²) in [5.41, 5.74) is 4.71. The number of benzene rings is 2. The van der Waals surface area contributed by atoms with Gasteiger partial charge in [-0.15, -0.1) is 0 Å². The van der Waals surface area contributed by atoms with Crippen LogP contribution in [-0.2, 0) is 16.2 Å². The third-order valence-corrected chi connectivity index (χ3v) is 8.08. The number of fused-ring (bicyclic) bond motifs is 1. The van der Waals surface area contributed by atoms with Crippen molar-refractivity contribution in [2.75, 3.05) is 20.3 Å². The molecule has 0 aliphatic rings. The van der Waals surface area contributed by atoms with Crippen LogP contribution in [0.1, 0.15) is 27.1 Å². The van der Waals surface area contributed by atoms with Crippen molar-refractivity contribution in [3.63, 3.8) is 0 Å². The number of methoxy groups -OCH3 is 1. The maximum absolute atomic E-state index is 12.6. The van der Waals surface area contributed by atoms with E-state index in [2.05, 4.69) is 29.9 Å². The predicted octanol–water partition coefficient (Wildman–Crippen LogP) is 5.51. The van der Waals surface area contributed by atoms with Gasteiger partial charge in [-0.25, -0.2) is 14.8 Å². The molecule has 1 amide bonds. The van der Waals surface area contributed by atoms with Crippen LogP contribution in [0.15, 0.2) is 60.8 Å². The molecule has 0 atom stereocenters. The van der Waals surface area contributed by atoms with Gasteiger partial charge in [0.15, 0.2) is 5.65 Å². The number of rotatable bonds is 11. The first-order chi connectivity index (χ1) is 19.2. The van der Waals surface area contributed by atoms with Crippen LogP contribution < -0.4 is 5.32 Å². The zero-order valence-corrected chi connectivity index (χ0v) is 24.2. The van der Waals surface area contributed by atoms with Gasteiger partial charge >= 0.3 is 5.97 Å². The van der Waals surface area contributed by atoms with Gasteiger partial charge in [0.2, 0.25) is 0 Å². The first kappa shape index (κ1) is 28.7. The van der Waals surface area contributed by atoms with Crippen LogP contribution in [0.5, 0.6) is 0 Å². The molecule has 40 heavy (non-hydrogen) atoms. The van der Waals surface area contributed by atoms with Crippen LogP contribution in [0.2, 0.25) is 25.7 Å². The Morgan fingerprint density at radius 3 is 2.52 bits per heavy atom. The van der Waals surface area contributed by atoms with E-state index in [0.717, 1.165) is 22.7 Å². The van der Waals surface area contributed by atoms with Gasteiger partial charge in [-0.3, -0.25) is 9.36 Å². The van der Waals surface area contributed by atoms with Gasteiger partial charge in [0.1, 0.15) is 18.1 Å². The van der Waals surface area contributed by atoms with E-state index in [-0.39, 0.29) is 19.1 Å². The number of hydrogen-bond acceptors (Lipinski definition) is 7. The molecule has 1 N–H and O–H groups in total. The van der Waals surface area contributed by atoms with E-state index in [1.54, 1.807) is 24.4 Å². The second-order valence-electron chi connectivity index (χ2n) is 10.6. The predicted molar refractivity (Wildman–Crippen MR) is 156 cm³/mol. The Morgan fingerprint density at radius 1 is 1.05 bits per heavy atom. The highest BCUT2D eigenvalue weighted by Crippen LogP contribution is 2.32. The maximum Gasteiger partial charge on any atom is 0.337 e. The second kappa shape index (κ2) is 12.7. The summed E-state index contributed by atoms with van der Waals surface area (Å²) in [6.45, 7) is 8.12. The number of aromatic nitrogens is 3. The smallest absolute Gasteiger partial charge is 0.337 e. The summed E-state index contributed by atoms with van der Waals surface area (Å²) in [4.78, 5) is 34.2. The van der Waals surface area contributed by atoms with Gasteiger partial charge in [-0.1, -0.05) is 43.9 Å². The van der Waals surface area contributed by atoms with Crippen molar-refractivity contribution in [2.45, 2.75) is 38.8 Å². The fourth-order valence-electron chi connectivity index (χ4n) is 4.16. The third-order valence-electron chi connectivity index (χ3n) is 6.37. The Balaban J connectivity index is 1.75. The zero-order chi connectivity index (χ0) is 28.7. The molecule has 2 aromatic carbocycles. The van der Waals surface area contributed by atoms with E-state index >= 15 is 0 Å². The monoisotopic (exact) mass is 555 g/mol. The lowest BCUT2D eigenvalue weighted by atomic mass is 10.0. The first-order valence-corrected chi connectivity index (χ1v) is 16.8. The van der Waals surface area contributed by atoms with Crippen molar-refractivity contribution in [2.24, 2.45) is 0 Å². The molecule has 0 aliphatic carbocycles. The minimum atomic E-state index is -1.27. The summed E-state index contributed by atoms with van der Waals surface area (Å²) in [5.74, 6) is 0.00936. The number of nitrogens with one attached hydrogen (secondary N) is 1. The van der Waals surface area contributed by atoms with Crippen LogP contribution in [-0.4, -0.2) is 54.7 Å². The lowest BCUT2D eigenvalue weighted by molar-refractivity contribution is 0.0600. The molecule has 0 saturated carbocycles. The molecule has 0 spiro atoms. The number of pyridine rings is 1. The van der Waals surface area contributed by atoms with Crippen LogP contribution in [0.3, 0.4) is 0 Å². The number of carbonyl (C=O) groups excluding carboxylic acids is 2. The number of nitriles is 1. The minimum absolute atomic E-state index is 0.241. The quantitative estimate of drug-likeness (QED) is 0.147. The number of hydrogen-bond donors (Lipinski definition) is 1. The number of esters is 1. The SMILES string of the molecule is COC(=O)c1ccc(-c2nc3c(-c4cccc(C(=O)NCCC#N)c4)ccnc3n2COCC[Si](C)(C)C)cc1. The van der Waals surface area contributed by atoms with Gasteiger partial charge in [0.05, 0.1) is 25.2 Å². The number of nitrogens with zero attached hydrogens (tertiary/aromatic N) is 4. The molecule has 10 heteroatoms. The highest BCUT2D eigenvalue weighted by Gasteiger charge is 2.19. The molecule has 2 aromatic heterocycles. The third kappa shape index (κ3) is 6.80. The summed E-state index contributed by atoms with van der Waals surface area (Å²) >= 11 is 0. The molecule has 0 aliphatic heterocycles. The molecule has 4 aromatic rings. The molecule has 206 valence electrons. The molecule has 2 heterocycles. The Morgan fingerprint density at radius 2 is 1.82 bits per heavy atom. The highest BCUT2D eigenvalue weighted by atomic mass is 28.3. The van der Waals surface area contributed by atoms with E-state index in [4.69, 9.17) is 19.7 Å². The summed E-state index contributed by atoms with van der Waals surface area (Å²) in [7, 11) is 0.0850. The van der Waals surface area contributed by atoms with Crippen LogP contribution in [0.4, 0.5) is 0 Å². The Kier molecular flexibility index (Phi) is 9.09. The molecule has 9 nitrogen and oxygen atoms in total. The van der Waals surface area contributed by atoms with E-state index in [0.29, 0.717) is 41.3 Å². The van der Waals surface area contributed by atoms with Crippen molar-refractivity contribution in [3.8, 4) is 28.6 Å². The van der Waals surface area contributed by atoms with Gasteiger partial charge in [-0.2, -0.15) is 5.26 Å². The highest BCUT2D eigenvalue weighted by molar-refractivity contribution is 6.76. The minimum Gasteiger partial charge on any atom is -0.465 e. The second-order valence-corrected chi connectivity index (χ2v) is 16.2. The largest absolute Gasteiger partial charge is 0.465 e. The normalized spacial score (nSPS) is 11.3. The Bertz CT molecular complexity index is 1550. The van der Waals surface area contributed by atoms with Crippen LogP contribution >= 0.6 is 0 Å². The Hall–Kier alpha value is -4.33. The van der Waals surface area contributed by atoms with Crippen molar-refractivity contribution >= 4 is 31.1 Å². The van der Waals surface area contributed by atoms with Crippen molar-refractivity contribution in [3.05, 3.63) is 71.9 Å². The Labute approximate surface area is 234 Å². The number of imidazole rings is 1. The van der Waals surface area contributed by atoms with Crippen molar-refractivity contribution in [1.29, 1.82) is 5.26 Å². The summed E-state index contributed by atoms with van der Waals surface area (Å²) in [5, 5.41) is 11.5. The first-order valence-electron chi connectivity index (χ1n) is 13.1. The summed E-state index contributed by atoms with van der Waals surface area (Å²) in [6.07, 6.45) is 1.97. The fraction of sp³-hybridized carbons (Fsp3) is 0.300. The maximum atomic E-state index is 12.6. The molecule has 0 radical (unpaired) electrons. The van der Waals surface area contributed by atoms with Gasteiger partial charge in [0, 0.05) is 44.1 Å². The van der Waals surface area contributed by atoms with Gasteiger partial charge < -0.3 is 14.8 Å². The van der Waals surface area contributed by atoms with Crippen molar-refractivity contribution in [1.82, 2.24) is 19.9 Å². The number of ether oxygens (including phenoxy) is 2. The number of amides is 1. The van der Waals surface area contributed by atoms with E-state index in [9.17, 15) is 9.59 Å². The lowest BCUT2D eigenvalue weighted by Crippen LogP contribution is -2.24. The topological polar surface area (TPSA) is 119 Å². The van der Waals surface area contributed by atoms with Crippen LogP contribution in [0.25, 0.3) is 33.7 Å². The standard InChI is InChI=1S/C30H33N5O4Si/c1-38-30(37)22-11-9-21(10-12-22)27-34-26-25(23-7-5-8-24(19-23)29(36)33-15-6-14-31)13-16-32-28(26)35(27)20-39-17-18-40(2,3)4/h5,7-13,16,19H,6,15,17-18,20H2,1-4H3,(H,33,36). The van der Waals surface area contributed by atoms with E-state index in [1.165, 1.54) is 7.11 Å². The summed E-state index contributed by atoms with van der Waals surface area (Å²) in [6, 6.07) is 19.3. The van der Waals surface area contributed by atoms with E-state index < -0.39 is 14.0 Å². The number of carbonyl (C=O) groups is 2.